The number of nitrogens with zero attached hydrogens (tertiary/aromatic N) is 6. The molecule has 1 aromatic carbocycles. The molecule has 0 radical (unpaired) electrons. The molecule has 3 aromatic heterocycles. The van der Waals surface area contributed by atoms with Crippen LogP contribution in [0.3, 0.4) is 0 Å². The Kier molecular flexibility index (Phi) is 4.46. The zero-order valence-electron chi connectivity index (χ0n) is 14.9. The second-order valence-corrected chi connectivity index (χ2v) is 7.98. The average Bonchev–Trinajstić information content (AvgIpc) is 3.45. The second-order valence-electron chi connectivity index (χ2n) is 6.50. The van der Waals surface area contributed by atoms with Gasteiger partial charge in [0, 0.05) is 31.7 Å². The van der Waals surface area contributed by atoms with Crippen LogP contribution in [-0.2, 0) is 0 Å². The summed E-state index contributed by atoms with van der Waals surface area (Å²) in [4.78, 5) is 18.0. The predicted octanol–water partition coefficient (Wildman–Crippen LogP) is 3.17. The minimum atomic E-state index is 0.0358. The Labute approximate surface area is 169 Å². The van der Waals surface area contributed by atoms with Gasteiger partial charge in [0.25, 0.3) is 5.91 Å². The summed E-state index contributed by atoms with van der Waals surface area (Å²) in [6.07, 6.45) is 0. The van der Waals surface area contributed by atoms with E-state index in [0.29, 0.717) is 18.7 Å². The van der Waals surface area contributed by atoms with Gasteiger partial charge >= 0.3 is 0 Å². The smallest absolute Gasteiger partial charge is 0.254 e. The quantitative estimate of drug-likeness (QED) is 0.518. The lowest BCUT2D eigenvalue weighted by atomic mass is 10.1. The number of hydrogen-bond donors (Lipinski definition) is 0. The van der Waals surface area contributed by atoms with Crippen molar-refractivity contribution in [2.45, 2.75) is 0 Å². The molecule has 7 nitrogen and oxygen atoms in total. The lowest BCUT2D eigenvalue weighted by Crippen LogP contribution is -2.49. The van der Waals surface area contributed by atoms with Crippen molar-refractivity contribution in [3.05, 3.63) is 53.4 Å². The fourth-order valence-corrected chi connectivity index (χ4v) is 4.49. The molecule has 1 aliphatic rings. The van der Waals surface area contributed by atoms with E-state index in [1.807, 2.05) is 52.7 Å². The summed E-state index contributed by atoms with van der Waals surface area (Å²) >= 11 is 2.82. The van der Waals surface area contributed by atoms with E-state index < -0.39 is 0 Å². The summed E-state index contributed by atoms with van der Waals surface area (Å²) in [6.45, 7) is 2.78. The molecule has 0 N–H and O–H groups in total. The highest BCUT2D eigenvalue weighted by Crippen LogP contribution is 2.24. The fraction of sp³-hybridized carbons (Fsp3) is 0.211. The molecule has 0 spiro atoms. The Morgan fingerprint density at radius 3 is 2.54 bits per heavy atom. The molecule has 0 bridgehead atoms. The van der Waals surface area contributed by atoms with E-state index in [1.54, 1.807) is 11.3 Å². The zero-order valence-corrected chi connectivity index (χ0v) is 16.5. The van der Waals surface area contributed by atoms with Gasteiger partial charge in [-0.3, -0.25) is 4.79 Å². The van der Waals surface area contributed by atoms with Crippen molar-refractivity contribution >= 4 is 45.8 Å². The Balaban J connectivity index is 1.25. The van der Waals surface area contributed by atoms with Crippen molar-refractivity contribution in [1.82, 2.24) is 23.8 Å². The van der Waals surface area contributed by atoms with Crippen molar-refractivity contribution in [3.63, 3.8) is 0 Å². The standard InChI is InChI=1S/C19H16N6OS2/c26-19(13-3-4-14-16(12-13)23-28-22-14)25-9-7-24(8-10-25)18-6-5-15(20-21-18)17-2-1-11-27-17/h1-6,11-12H,7-10H2. The third kappa shape index (κ3) is 3.23. The third-order valence-corrected chi connectivity index (χ3v) is 6.26. The normalized spacial score (nSPS) is 14.6. The number of thiophene rings is 1. The number of amides is 1. The minimum Gasteiger partial charge on any atom is -0.352 e. The predicted molar refractivity (Wildman–Crippen MR) is 111 cm³/mol. The van der Waals surface area contributed by atoms with Gasteiger partial charge in [-0.1, -0.05) is 6.07 Å². The molecule has 0 unspecified atom stereocenters. The van der Waals surface area contributed by atoms with Gasteiger partial charge in [0.2, 0.25) is 0 Å². The highest BCUT2D eigenvalue weighted by atomic mass is 32.1. The Bertz CT molecular complexity index is 1100. The molecule has 1 amide bonds. The first-order valence-electron chi connectivity index (χ1n) is 8.92. The topological polar surface area (TPSA) is 75.1 Å². The first-order valence-corrected chi connectivity index (χ1v) is 10.5. The van der Waals surface area contributed by atoms with Crippen LogP contribution < -0.4 is 4.90 Å². The molecule has 140 valence electrons. The number of rotatable bonds is 3. The molecule has 1 aliphatic heterocycles. The number of fused-ring (bicyclic) bond motifs is 1. The molecule has 0 saturated carbocycles. The summed E-state index contributed by atoms with van der Waals surface area (Å²) in [5, 5.41) is 10.8. The zero-order chi connectivity index (χ0) is 18.9. The highest BCUT2D eigenvalue weighted by Gasteiger charge is 2.23. The summed E-state index contributed by atoms with van der Waals surface area (Å²) in [5.41, 5.74) is 3.15. The van der Waals surface area contributed by atoms with Crippen molar-refractivity contribution in [2.24, 2.45) is 0 Å². The average molecular weight is 409 g/mol. The highest BCUT2D eigenvalue weighted by molar-refractivity contribution is 7.13. The molecule has 4 heterocycles. The molecule has 9 heteroatoms. The second kappa shape index (κ2) is 7.25. The van der Waals surface area contributed by atoms with E-state index in [0.717, 1.165) is 52.2 Å². The lowest BCUT2D eigenvalue weighted by molar-refractivity contribution is 0.0746. The molecule has 5 rings (SSSR count). The Morgan fingerprint density at radius 2 is 1.79 bits per heavy atom. The minimum absolute atomic E-state index is 0.0358. The SMILES string of the molecule is O=C(c1ccc2nsnc2c1)N1CCN(c2ccc(-c3cccs3)nn2)CC1. The maximum Gasteiger partial charge on any atom is 0.254 e. The summed E-state index contributed by atoms with van der Waals surface area (Å²) < 4.78 is 8.41. The van der Waals surface area contributed by atoms with Crippen LogP contribution in [0.2, 0.25) is 0 Å². The number of carbonyl (C=O) groups is 1. The van der Waals surface area contributed by atoms with Gasteiger partial charge in [0.05, 0.1) is 16.6 Å². The first-order chi connectivity index (χ1) is 13.8. The number of anilines is 1. The maximum absolute atomic E-state index is 12.8. The largest absolute Gasteiger partial charge is 0.352 e. The fourth-order valence-electron chi connectivity index (χ4n) is 3.29. The van der Waals surface area contributed by atoms with Gasteiger partial charge in [0.15, 0.2) is 5.82 Å². The van der Waals surface area contributed by atoms with Crippen LogP contribution >= 0.6 is 23.1 Å². The molecule has 1 saturated heterocycles. The van der Waals surface area contributed by atoms with Crippen molar-refractivity contribution in [2.75, 3.05) is 31.1 Å². The van der Waals surface area contributed by atoms with E-state index in [4.69, 9.17) is 0 Å². The molecule has 0 atom stereocenters. The number of benzene rings is 1. The molecule has 28 heavy (non-hydrogen) atoms. The summed E-state index contributed by atoms with van der Waals surface area (Å²) in [5.74, 6) is 0.885. The van der Waals surface area contributed by atoms with Gasteiger partial charge in [0.1, 0.15) is 16.7 Å². The van der Waals surface area contributed by atoms with E-state index in [1.165, 1.54) is 0 Å². The monoisotopic (exact) mass is 408 g/mol. The number of carbonyl (C=O) groups excluding carboxylic acids is 1. The lowest BCUT2D eigenvalue weighted by Gasteiger charge is -2.35. The molecule has 1 fully saturated rings. The number of aromatic nitrogens is 4. The maximum atomic E-state index is 12.8. The molecule has 4 aromatic rings. The Morgan fingerprint density at radius 1 is 0.929 bits per heavy atom. The first kappa shape index (κ1) is 17.2. The van der Waals surface area contributed by atoms with Crippen LogP contribution in [-0.4, -0.2) is 55.9 Å². The van der Waals surface area contributed by atoms with Crippen LogP contribution in [0.1, 0.15) is 10.4 Å². The van der Waals surface area contributed by atoms with Crippen LogP contribution in [0.5, 0.6) is 0 Å². The summed E-state index contributed by atoms with van der Waals surface area (Å²) in [6, 6.07) is 13.6. The third-order valence-electron chi connectivity index (χ3n) is 4.82. The van der Waals surface area contributed by atoms with Gasteiger partial charge in [-0.25, -0.2) is 0 Å². The van der Waals surface area contributed by atoms with E-state index >= 15 is 0 Å². The van der Waals surface area contributed by atoms with Crippen LogP contribution in [0, 0.1) is 0 Å². The molecular formula is C19H16N6OS2. The van der Waals surface area contributed by atoms with E-state index in [9.17, 15) is 4.79 Å². The van der Waals surface area contributed by atoms with Gasteiger partial charge < -0.3 is 9.80 Å². The Hall–Kier alpha value is -2.91. The number of piperazine rings is 1. The van der Waals surface area contributed by atoms with E-state index in [2.05, 4.69) is 23.8 Å². The molecule has 0 aliphatic carbocycles. The summed E-state index contributed by atoms with van der Waals surface area (Å²) in [7, 11) is 0. The van der Waals surface area contributed by atoms with Crippen molar-refractivity contribution < 1.29 is 4.79 Å². The van der Waals surface area contributed by atoms with Crippen LogP contribution in [0.25, 0.3) is 21.6 Å². The number of hydrogen-bond acceptors (Lipinski definition) is 8. The van der Waals surface area contributed by atoms with Crippen molar-refractivity contribution in [1.29, 1.82) is 0 Å². The van der Waals surface area contributed by atoms with Gasteiger partial charge in [-0.15, -0.1) is 21.5 Å². The molecular weight excluding hydrogens is 392 g/mol. The van der Waals surface area contributed by atoms with Gasteiger partial charge in [-0.05, 0) is 41.8 Å². The van der Waals surface area contributed by atoms with E-state index in [-0.39, 0.29) is 5.91 Å². The van der Waals surface area contributed by atoms with Crippen LogP contribution in [0.4, 0.5) is 5.82 Å². The van der Waals surface area contributed by atoms with Crippen molar-refractivity contribution in [3.8, 4) is 10.6 Å². The van der Waals surface area contributed by atoms with Crippen LogP contribution in [0.15, 0.2) is 47.8 Å². The van der Waals surface area contributed by atoms with Gasteiger partial charge in [-0.2, -0.15) is 8.75 Å².